The first-order valence-electron chi connectivity index (χ1n) is 9.41. The van der Waals surface area contributed by atoms with Crippen LogP contribution in [0.5, 0.6) is 0 Å². The van der Waals surface area contributed by atoms with E-state index < -0.39 is 0 Å². The molecule has 146 valence electrons. The standard InChI is InChI=1S/C21H23ClN4O2/c1-15-13-26(8-9-28-15)20-5-2-16(11-23-20)12-24-21(27)14-25-7-6-17-3-4-18(22)10-19(17)25/h2-7,10-11,15H,8-9,12-14H2,1H3,(H,24,27). The number of morpholine rings is 1. The molecule has 1 aliphatic rings. The van der Waals surface area contributed by atoms with Crippen molar-refractivity contribution in [2.75, 3.05) is 24.6 Å². The summed E-state index contributed by atoms with van der Waals surface area (Å²) >= 11 is 6.07. The van der Waals surface area contributed by atoms with E-state index in [9.17, 15) is 4.79 Å². The number of hydrogen-bond donors (Lipinski definition) is 1. The lowest BCUT2D eigenvalue weighted by Gasteiger charge is -2.32. The number of fused-ring (bicyclic) bond motifs is 1. The third kappa shape index (κ3) is 4.29. The zero-order valence-electron chi connectivity index (χ0n) is 15.8. The van der Waals surface area contributed by atoms with Gasteiger partial charge in [0.15, 0.2) is 0 Å². The van der Waals surface area contributed by atoms with E-state index in [-0.39, 0.29) is 18.6 Å². The highest BCUT2D eigenvalue weighted by Crippen LogP contribution is 2.20. The van der Waals surface area contributed by atoms with E-state index in [0.717, 1.165) is 42.0 Å². The number of carbonyl (C=O) groups is 1. The Hall–Kier alpha value is -2.57. The van der Waals surface area contributed by atoms with Gasteiger partial charge in [0.05, 0.1) is 12.7 Å². The third-order valence-electron chi connectivity index (χ3n) is 4.91. The summed E-state index contributed by atoms with van der Waals surface area (Å²) < 4.78 is 7.47. The zero-order valence-corrected chi connectivity index (χ0v) is 16.5. The van der Waals surface area contributed by atoms with E-state index in [2.05, 4.69) is 22.1 Å². The van der Waals surface area contributed by atoms with Gasteiger partial charge >= 0.3 is 0 Å². The predicted molar refractivity (Wildman–Crippen MR) is 111 cm³/mol. The molecule has 0 spiro atoms. The number of hydrogen-bond acceptors (Lipinski definition) is 4. The van der Waals surface area contributed by atoms with Crippen LogP contribution in [-0.2, 0) is 22.6 Å². The SMILES string of the molecule is CC1CN(c2ccc(CNC(=O)Cn3ccc4ccc(Cl)cc43)cn2)CCO1. The number of anilines is 1. The maximum Gasteiger partial charge on any atom is 0.240 e. The lowest BCUT2D eigenvalue weighted by atomic mass is 10.2. The van der Waals surface area contributed by atoms with Crippen LogP contribution in [0.3, 0.4) is 0 Å². The molecule has 0 saturated carbocycles. The molecule has 3 aromatic rings. The number of ether oxygens (including phenoxy) is 1. The van der Waals surface area contributed by atoms with Gasteiger partial charge in [0.2, 0.25) is 5.91 Å². The molecule has 1 aliphatic heterocycles. The van der Waals surface area contributed by atoms with Crippen molar-refractivity contribution in [3.8, 4) is 0 Å². The minimum absolute atomic E-state index is 0.0523. The smallest absolute Gasteiger partial charge is 0.240 e. The summed E-state index contributed by atoms with van der Waals surface area (Å²) in [5.41, 5.74) is 1.92. The predicted octanol–water partition coefficient (Wildman–Crippen LogP) is 3.23. The lowest BCUT2D eigenvalue weighted by Crippen LogP contribution is -2.41. The van der Waals surface area contributed by atoms with Gasteiger partial charge in [0.1, 0.15) is 12.4 Å². The lowest BCUT2D eigenvalue weighted by molar-refractivity contribution is -0.121. The Balaban J connectivity index is 1.33. The van der Waals surface area contributed by atoms with E-state index in [4.69, 9.17) is 16.3 Å². The molecule has 0 radical (unpaired) electrons. The molecule has 7 heteroatoms. The van der Waals surface area contributed by atoms with Crippen molar-refractivity contribution in [3.05, 3.63) is 59.4 Å². The van der Waals surface area contributed by atoms with Crippen molar-refractivity contribution < 1.29 is 9.53 Å². The summed E-state index contributed by atoms with van der Waals surface area (Å²) in [5.74, 6) is 0.893. The average molecular weight is 399 g/mol. The maximum atomic E-state index is 12.4. The molecule has 0 bridgehead atoms. The highest BCUT2D eigenvalue weighted by atomic mass is 35.5. The fraction of sp³-hybridized carbons (Fsp3) is 0.333. The molecule has 1 atom stereocenters. The second-order valence-electron chi connectivity index (χ2n) is 7.08. The molecule has 1 amide bonds. The molecule has 28 heavy (non-hydrogen) atoms. The van der Waals surface area contributed by atoms with E-state index in [0.29, 0.717) is 11.6 Å². The molecule has 3 heterocycles. The molecule has 1 aromatic carbocycles. The van der Waals surface area contributed by atoms with E-state index in [1.807, 2.05) is 53.4 Å². The molecule has 1 saturated heterocycles. The van der Waals surface area contributed by atoms with Crippen molar-refractivity contribution in [1.29, 1.82) is 0 Å². The van der Waals surface area contributed by atoms with Gasteiger partial charge in [-0.2, -0.15) is 0 Å². The number of pyridine rings is 1. The van der Waals surface area contributed by atoms with Gasteiger partial charge in [-0.05, 0) is 42.1 Å². The Morgan fingerprint density at radius 3 is 3.00 bits per heavy atom. The maximum absolute atomic E-state index is 12.4. The van der Waals surface area contributed by atoms with Gasteiger partial charge in [-0.1, -0.05) is 23.7 Å². The van der Waals surface area contributed by atoms with Crippen LogP contribution in [0, 0.1) is 0 Å². The molecule has 4 rings (SSSR count). The van der Waals surface area contributed by atoms with E-state index in [1.165, 1.54) is 0 Å². The summed E-state index contributed by atoms with van der Waals surface area (Å²) in [5, 5.41) is 4.68. The first-order chi connectivity index (χ1) is 13.6. The second-order valence-corrected chi connectivity index (χ2v) is 7.51. The average Bonchev–Trinajstić information content (AvgIpc) is 3.08. The molecule has 1 unspecified atom stereocenters. The van der Waals surface area contributed by atoms with Crippen LogP contribution >= 0.6 is 11.6 Å². The Morgan fingerprint density at radius 2 is 2.21 bits per heavy atom. The Labute approximate surface area is 169 Å². The Bertz CT molecular complexity index is 970. The van der Waals surface area contributed by atoms with Gasteiger partial charge in [0.25, 0.3) is 0 Å². The highest BCUT2D eigenvalue weighted by molar-refractivity contribution is 6.31. The molecule has 6 nitrogen and oxygen atoms in total. The quantitative estimate of drug-likeness (QED) is 0.716. The molecular formula is C21H23ClN4O2. The Kier molecular flexibility index (Phi) is 5.50. The normalized spacial score (nSPS) is 17.1. The summed E-state index contributed by atoms with van der Waals surface area (Å²) in [4.78, 5) is 19.1. The van der Waals surface area contributed by atoms with Crippen molar-refractivity contribution in [1.82, 2.24) is 14.9 Å². The zero-order chi connectivity index (χ0) is 19.5. The van der Waals surface area contributed by atoms with Crippen LogP contribution in [0.25, 0.3) is 10.9 Å². The number of carbonyl (C=O) groups excluding carboxylic acids is 1. The fourth-order valence-corrected chi connectivity index (χ4v) is 3.61. The number of nitrogens with zero attached hydrogens (tertiary/aromatic N) is 3. The minimum Gasteiger partial charge on any atom is -0.375 e. The largest absolute Gasteiger partial charge is 0.375 e. The molecular weight excluding hydrogens is 376 g/mol. The number of benzene rings is 1. The van der Waals surface area contributed by atoms with Crippen LogP contribution < -0.4 is 10.2 Å². The van der Waals surface area contributed by atoms with E-state index >= 15 is 0 Å². The summed E-state index contributed by atoms with van der Waals surface area (Å²) in [6, 6.07) is 11.7. The second kappa shape index (κ2) is 8.20. The monoisotopic (exact) mass is 398 g/mol. The van der Waals surface area contributed by atoms with Crippen molar-refractivity contribution in [3.63, 3.8) is 0 Å². The van der Waals surface area contributed by atoms with Crippen LogP contribution in [0.15, 0.2) is 48.8 Å². The van der Waals surface area contributed by atoms with Crippen LogP contribution in [0.1, 0.15) is 12.5 Å². The van der Waals surface area contributed by atoms with Gasteiger partial charge in [-0.3, -0.25) is 4.79 Å². The molecule has 1 fully saturated rings. The van der Waals surface area contributed by atoms with Crippen LogP contribution in [-0.4, -0.2) is 41.3 Å². The van der Waals surface area contributed by atoms with Gasteiger partial charge in [-0.15, -0.1) is 0 Å². The number of amides is 1. The summed E-state index contributed by atoms with van der Waals surface area (Å²) in [6.45, 7) is 5.19. The van der Waals surface area contributed by atoms with Crippen molar-refractivity contribution >= 4 is 34.2 Å². The minimum atomic E-state index is -0.0523. The highest BCUT2D eigenvalue weighted by Gasteiger charge is 2.17. The topological polar surface area (TPSA) is 59.4 Å². The van der Waals surface area contributed by atoms with Gasteiger partial charge < -0.3 is 19.5 Å². The summed E-state index contributed by atoms with van der Waals surface area (Å²) in [7, 11) is 0. The number of aromatic nitrogens is 2. The first kappa shape index (κ1) is 18.8. The summed E-state index contributed by atoms with van der Waals surface area (Å²) in [6.07, 6.45) is 3.94. The third-order valence-corrected chi connectivity index (χ3v) is 5.15. The molecule has 1 N–H and O–H groups in total. The number of halogens is 1. The van der Waals surface area contributed by atoms with Gasteiger partial charge in [-0.25, -0.2) is 4.98 Å². The van der Waals surface area contributed by atoms with Crippen LogP contribution in [0.4, 0.5) is 5.82 Å². The fourth-order valence-electron chi connectivity index (χ4n) is 3.44. The van der Waals surface area contributed by atoms with Crippen LogP contribution in [0.2, 0.25) is 5.02 Å². The van der Waals surface area contributed by atoms with Crippen molar-refractivity contribution in [2.45, 2.75) is 26.1 Å². The number of nitrogens with one attached hydrogen (secondary N) is 1. The van der Waals surface area contributed by atoms with Crippen molar-refractivity contribution in [2.24, 2.45) is 0 Å². The number of rotatable bonds is 5. The first-order valence-corrected chi connectivity index (χ1v) is 9.79. The van der Waals surface area contributed by atoms with E-state index in [1.54, 1.807) is 0 Å². The molecule has 2 aromatic heterocycles. The van der Waals surface area contributed by atoms with Gasteiger partial charge in [0, 0.05) is 42.6 Å². The Morgan fingerprint density at radius 1 is 1.32 bits per heavy atom. The molecule has 0 aliphatic carbocycles.